The number of anilines is 1. The van der Waals surface area contributed by atoms with Crippen molar-refractivity contribution in [2.75, 3.05) is 31.1 Å². The molecule has 1 saturated heterocycles. The molecule has 19 heavy (non-hydrogen) atoms. The summed E-state index contributed by atoms with van der Waals surface area (Å²) in [6.45, 7) is 7.86. The van der Waals surface area contributed by atoms with Gasteiger partial charge in [-0.05, 0) is 18.1 Å². The second-order valence-corrected chi connectivity index (χ2v) is 4.71. The zero-order valence-corrected chi connectivity index (χ0v) is 10.8. The van der Waals surface area contributed by atoms with Crippen LogP contribution in [0.2, 0.25) is 0 Å². The molecule has 97 valence electrons. The van der Waals surface area contributed by atoms with Crippen molar-refractivity contribution in [3.63, 3.8) is 0 Å². The molecule has 1 aromatic carbocycles. The fourth-order valence-corrected chi connectivity index (χ4v) is 2.25. The molecule has 1 aromatic heterocycles. The van der Waals surface area contributed by atoms with Crippen LogP contribution in [0.5, 0.6) is 0 Å². The Morgan fingerprint density at radius 1 is 1.05 bits per heavy atom. The van der Waals surface area contributed by atoms with Crippen molar-refractivity contribution >= 4 is 5.95 Å². The lowest BCUT2D eigenvalue weighted by molar-refractivity contribution is 0.580. The number of aromatic nitrogens is 2. The van der Waals surface area contributed by atoms with E-state index in [1.807, 2.05) is 30.6 Å². The molecule has 1 aliphatic rings. The van der Waals surface area contributed by atoms with Gasteiger partial charge in [-0.2, -0.15) is 0 Å². The fraction of sp³-hybridized carbons (Fsp3) is 0.267. The molecule has 2 aromatic rings. The van der Waals surface area contributed by atoms with Crippen LogP contribution in [0, 0.1) is 6.92 Å². The van der Waals surface area contributed by atoms with Crippen LogP contribution in [-0.4, -0.2) is 36.1 Å². The van der Waals surface area contributed by atoms with Crippen molar-refractivity contribution in [3.05, 3.63) is 49.1 Å². The third-order valence-corrected chi connectivity index (χ3v) is 3.30. The molecular weight excluding hydrogens is 236 g/mol. The third-order valence-electron chi connectivity index (χ3n) is 3.30. The minimum Gasteiger partial charge on any atom is -0.338 e. The Balaban J connectivity index is 1.82. The molecule has 2 heterocycles. The first-order valence-corrected chi connectivity index (χ1v) is 6.53. The van der Waals surface area contributed by atoms with Crippen LogP contribution >= 0.6 is 0 Å². The molecule has 0 amide bonds. The largest absolute Gasteiger partial charge is 0.338 e. The lowest BCUT2D eigenvalue weighted by Crippen LogP contribution is -2.44. The predicted molar refractivity (Wildman–Crippen MR) is 77.0 cm³/mol. The normalized spacial score (nSPS) is 15.5. The molecule has 1 fully saturated rings. The lowest BCUT2D eigenvalue weighted by atomic mass is 10.1. The molecule has 4 nitrogen and oxygen atoms in total. The van der Waals surface area contributed by atoms with E-state index in [-0.39, 0.29) is 0 Å². The van der Waals surface area contributed by atoms with Crippen molar-refractivity contribution in [1.29, 1.82) is 0 Å². The first-order valence-electron chi connectivity index (χ1n) is 6.53. The number of hydrogen-bond acceptors (Lipinski definition) is 4. The van der Waals surface area contributed by atoms with Crippen LogP contribution in [0.15, 0.2) is 36.7 Å². The molecule has 1 radical (unpaired) electrons. The summed E-state index contributed by atoms with van der Waals surface area (Å²) in [5.41, 5.74) is 3.15. The Bertz CT molecular complexity index is 544. The summed E-state index contributed by atoms with van der Waals surface area (Å²) in [6, 6.07) is 8.09. The van der Waals surface area contributed by atoms with Crippen LogP contribution in [0.25, 0.3) is 11.1 Å². The van der Waals surface area contributed by atoms with Crippen molar-refractivity contribution in [1.82, 2.24) is 15.3 Å². The molecule has 4 heteroatoms. The van der Waals surface area contributed by atoms with Crippen molar-refractivity contribution in [3.8, 4) is 11.1 Å². The molecule has 3 rings (SSSR count). The number of nitrogens with one attached hydrogen (secondary N) is 1. The van der Waals surface area contributed by atoms with Crippen LogP contribution in [0.3, 0.4) is 0 Å². The van der Waals surface area contributed by atoms with E-state index in [1.54, 1.807) is 0 Å². The minimum atomic E-state index is 0.816. The first-order chi connectivity index (χ1) is 9.33. The van der Waals surface area contributed by atoms with Gasteiger partial charge in [0.05, 0.1) is 0 Å². The van der Waals surface area contributed by atoms with Crippen LogP contribution < -0.4 is 10.2 Å². The zero-order chi connectivity index (χ0) is 13.1. The van der Waals surface area contributed by atoms with Gasteiger partial charge in [0.15, 0.2) is 0 Å². The Hall–Kier alpha value is -1.94. The monoisotopic (exact) mass is 253 g/mol. The summed E-state index contributed by atoms with van der Waals surface area (Å²) in [7, 11) is 0. The standard InChI is InChI=1S/C15H17N4/c1-12-3-2-4-13(9-12)14-10-17-15(18-11-14)19-7-5-16-6-8-19/h2-4,9-11,16H,1,5-8H2. The molecule has 1 N–H and O–H groups in total. The second-order valence-electron chi connectivity index (χ2n) is 4.71. The summed E-state index contributed by atoms with van der Waals surface area (Å²) in [4.78, 5) is 11.2. The fourth-order valence-electron chi connectivity index (χ4n) is 2.25. The Kier molecular flexibility index (Phi) is 3.42. The van der Waals surface area contributed by atoms with Crippen LogP contribution in [-0.2, 0) is 0 Å². The van der Waals surface area contributed by atoms with E-state index in [9.17, 15) is 0 Å². The van der Waals surface area contributed by atoms with Crippen molar-refractivity contribution in [2.24, 2.45) is 0 Å². The van der Waals surface area contributed by atoms with E-state index >= 15 is 0 Å². The second kappa shape index (κ2) is 5.36. The summed E-state index contributed by atoms with van der Waals surface area (Å²) in [6.07, 6.45) is 3.78. The molecule has 0 unspecified atom stereocenters. The number of hydrogen-bond donors (Lipinski definition) is 1. The van der Waals surface area contributed by atoms with E-state index < -0.39 is 0 Å². The number of nitrogens with zero attached hydrogens (tertiary/aromatic N) is 3. The highest BCUT2D eigenvalue weighted by atomic mass is 15.3. The highest BCUT2D eigenvalue weighted by molar-refractivity contribution is 5.63. The van der Waals surface area contributed by atoms with Gasteiger partial charge in [-0.3, -0.25) is 0 Å². The molecule has 0 aliphatic carbocycles. The van der Waals surface area contributed by atoms with Gasteiger partial charge in [0.25, 0.3) is 0 Å². The van der Waals surface area contributed by atoms with Gasteiger partial charge in [0.2, 0.25) is 5.95 Å². The lowest BCUT2D eigenvalue weighted by Gasteiger charge is -2.27. The number of piperazine rings is 1. The van der Waals surface area contributed by atoms with Gasteiger partial charge in [-0.1, -0.05) is 24.3 Å². The maximum atomic E-state index is 4.48. The first kappa shape index (κ1) is 12.1. The van der Waals surface area contributed by atoms with Crippen LogP contribution in [0.1, 0.15) is 5.56 Å². The van der Waals surface area contributed by atoms with Crippen LogP contribution in [0.4, 0.5) is 5.95 Å². The number of rotatable bonds is 2. The SMILES string of the molecule is [CH2]c1cccc(-c2cnc(N3CCNCC3)nc2)c1. The van der Waals surface area contributed by atoms with Gasteiger partial charge in [0.1, 0.15) is 0 Å². The quantitative estimate of drug-likeness (QED) is 0.885. The highest BCUT2D eigenvalue weighted by Crippen LogP contribution is 2.20. The summed E-state index contributed by atoms with van der Waals surface area (Å²) >= 11 is 0. The molecule has 0 saturated carbocycles. The maximum Gasteiger partial charge on any atom is 0.225 e. The van der Waals surface area contributed by atoms with Gasteiger partial charge < -0.3 is 10.2 Å². The van der Waals surface area contributed by atoms with E-state index in [2.05, 4.69) is 33.2 Å². The average molecular weight is 253 g/mol. The van der Waals surface area contributed by atoms with E-state index in [1.165, 1.54) is 0 Å². The molecule has 0 spiro atoms. The van der Waals surface area contributed by atoms with Gasteiger partial charge in [-0.15, -0.1) is 0 Å². The zero-order valence-electron chi connectivity index (χ0n) is 10.8. The summed E-state index contributed by atoms with van der Waals surface area (Å²) in [5, 5.41) is 3.32. The summed E-state index contributed by atoms with van der Waals surface area (Å²) < 4.78 is 0. The molecule has 0 bridgehead atoms. The Morgan fingerprint density at radius 2 is 1.79 bits per heavy atom. The van der Waals surface area contributed by atoms with E-state index in [0.717, 1.165) is 48.8 Å². The minimum absolute atomic E-state index is 0.816. The van der Waals surface area contributed by atoms with Crippen molar-refractivity contribution < 1.29 is 0 Å². The Morgan fingerprint density at radius 3 is 2.47 bits per heavy atom. The molecule has 0 atom stereocenters. The average Bonchev–Trinajstić information content (AvgIpc) is 2.48. The predicted octanol–water partition coefficient (Wildman–Crippen LogP) is 1.74. The van der Waals surface area contributed by atoms with E-state index in [4.69, 9.17) is 0 Å². The van der Waals surface area contributed by atoms with Gasteiger partial charge in [-0.25, -0.2) is 9.97 Å². The third kappa shape index (κ3) is 2.74. The molecule has 1 aliphatic heterocycles. The topological polar surface area (TPSA) is 41.1 Å². The number of benzene rings is 1. The highest BCUT2D eigenvalue weighted by Gasteiger charge is 2.12. The maximum absolute atomic E-state index is 4.48. The van der Waals surface area contributed by atoms with E-state index in [0.29, 0.717) is 0 Å². The van der Waals surface area contributed by atoms with Crippen molar-refractivity contribution in [2.45, 2.75) is 0 Å². The van der Waals surface area contributed by atoms with Gasteiger partial charge in [0, 0.05) is 44.1 Å². The Labute approximate surface area is 113 Å². The summed E-state index contributed by atoms with van der Waals surface area (Å²) in [5.74, 6) is 0.816. The molecular formula is C15H17N4. The van der Waals surface area contributed by atoms with Gasteiger partial charge >= 0.3 is 0 Å². The smallest absolute Gasteiger partial charge is 0.225 e.